The Balaban J connectivity index is 1.34. The Morgan fingerprint density at radius 3 is 2.02 bits per heavy atom. The molecule has 0 aliphatic heterocycles. The minimum Gasteiger partial charge on any atom is -0.456 e. The third kappa shape index (κ3) is 3.03. The van der Waals surface area contributed by atoms with Gasteiger partial charge in [0.25, 0.3) is 0 Å². The number of furan rings is 1. The maximum absolute atomic E-state index is 6.30. The minimum atomic E-state index is 0.655. The lowest BCUT2D eigenvalue weighted by atomic mass is 9.91. The quantitative estimate of drug-likeness (QED) is 0.190. The smallest absolute Gasteiger partial charge is 0.235 e. The Labute approximate surface area is 262 Å². The Morgan fingerprint density at radius 1 is 0.435 bits per heavy atom. The Bertz CT molecular complexity index is 3030. The second-order valence-electron chi connectivity index (χ2n) is 12.1. The molecular weight excluding hydrogens is 562 g/mol. The van der Waals surface area contributed by atoms with E-state index in [4.69, 9.17) is 14.4 Å². The molecule has 0 bridgehead atoms. The van der Waals surface area contributed by atoms with Gasteiger partial charge in [-0.25, -0.2) is 9.97 Å². The standard InChI is InChI=1S/C42H23N3O/c1-2-12-25-24(11-1)23-34-40-38(25)27-14-4-3-13-26(27)28-17-9-20-33(39(28)40)45(34)42-43-32-19-7-5-15-29(32)41(44-42)31-18-10-22-36-37(31)30-16-6-8-21-35(30)46-36/h1-23H. The van der Waals surface area contributed by atoms with Gasteiger partial charge < -0.3 is 4.42 Å². The van der Waals surface area contributed by atoms with Crippen molar-refractivity contribution >= 4 is 87.0 Å². The van der Waals surface area contributed by atoms with E-state index in [1.54, 1.807) is 0 Å². The van der Waals surface area contributed by atoms with Gasteiger partial charge in [-0.15, -0.1) is 0 Å². The second kappa shape index (κ2) is 8.68. The summed E-state index contributed by atoms with van der Waals surface area (Å²) in [7, 11) is 0. The van der Waals surface area contributed by atoms with Crippen LogP contribution in [0, 0.1) is 0 Å². The van der Waals surface area contributed by atoms with Crippen LogP contribution in [0.4, 0.5) is 0 Å². The van der Waals surface area contributed by atoms with Gasteiger partial charge in [-0.05, 0) is 57.3 Å². The van der Waals surface area contributed by atoms with Crippen LogP contribution in [0.2, 0.25) is 0 Å². The van der Waals surface area contributed by atoms with Crippen molar-refractivity contribution in [1.29, 1.82) is 0 Å². The molecule has 0 aliphatic carbocycles. The molecule has 0 atom stereocenters. The van der Waals surface area contributed by atoms with E-state index in [2.05, 4.69) is 126 Å². The van der Waals surface area contributed by atoms with Crippen molar-refractivity contribution in [2.24, 2.45) is 0 Å². The zero-order valence-electron chi connectivity index (χ0n) is 24.5. The molecule has 0 unspecified atom stereocenters. The summed E-state index contributed by atoms with van der Waals surface area (Å²) in [6.07, 6.45) is 0. The molecule has 8 aromatic carbocycles. The van der Waals surface area contributed by atoms with E-state index < -0.39 is 0 Å². The molecule has 212 valence electrons. The average Bonchev–Trinajstić information content (AvgIpc) is 3.66. The van der Waals surface area contributed by atoms with E-state index in [0.717, 1.165) is 55.1 Å². The summed E-state index contributed by atoms with van der Waals surface area (Å²) in [5.74, 6) is 0.655. The molecule has 0 fully saturated rings. The molecule has 0 spiro atoms. The predicted molar refractivity (Wildman–Crippen MR) is 190 cm³/mol. The molecule has 0 radical (unpaired) electrons. The maximum atomic E-state index is 6.30. The highest BCUT2D eigenvalue weighted by molar-refractivity contribution is 6.39. The number of nitrogens with zero attached hydrogens (tertiary/aromatic N) is 3. The van der Waals surface area contributed by atoms with Gasteiger partial charge in [0.15, 0.2) is 0 Å². The van der Waals surface area contributed by atoms with Gasteiger partial charge >= 0.3 is 0 Å². The molecule has 46 heavy (non-hydrogen) atoms. The van der Waals surface area contributed by atoms with Crippen LogP contribution in [0.15, 0.2) is 144 Å². The lowest BCUT2D eigenvalue weighted by Crippen LogP contribution is -2.03. The lowest BCUT2D eigenvalue weighted by molar-refractivity contribution is 0.669. The maximum Gasteiger partial charge on any atom is 0.235 e. The number of hydrogen-bond donors (Lipinski definition) is 0. The summed E-state index contributed by atoms with van der Waals surface area (Å²) in [5, 5.41) is 13.2. The van der Waals surface area contributed by atoms with Crippen LogP contribution in [0.25, 0.3) is 104 Å². The molecule has 11 rings (SSSR count). The van der Waals surface area contributed by atoms with Crippen LogP contribution in [-0.2, 0) is 0 Å². The zero-order chi connectivity index (χ0) is 29.9. The monoisotopic (exact) mass is 585 g/mol. The summed E-state index contributed by atoms with van der Waals surface area (Å²) in [4.78, 5) is 10.7. The van der Waals surface area contributed by atoms with E-state index in [9.17, 15) is 0 Å². The van der Waals surface area contributed by atoms with Gasteiger partial charge in [-0.1, -0.05) is 109 Å². The lowest BCUT2D eigenvalue weighted by Gasteiger charge is -2.13. The molecule has 0 saturated heterocycles. The highest BCUT2D eigenvalue weighted by Gasteiger charge is 2.24. The highest BCUT2D eigenvalue weighted by Crippen LogP contribution is 2.46. The normalized spacial score (nSPS) is 12.3. The predicted octanol–water partition coefficient (Wildman–Crippen LogP) is 11.2. The fourth-order valence-corrected chi connectivity index (χ4v) is 7.88. The van der Waals surface area contributed by atoms with Crippen molar-refractivity contribution in [3.05, 3.63) is 140 Å². The van der Waals surface area contributed by atoms with Crippen molar-refractivity contribution in [2.45, 2.75) is 0 Å². The van der Waals surface area contributed by atoms with E-state index in [-0.39, 0.29) is 0 Å². The number of para-hydroxylation sites is 2. The van der Waals surface area contributed by atoms with Crippen LogP contribution >= 0.6 is 0 Å². The molecule has 0 aliphatic rings. The Hall–Kier alpha value is -6.26. The largest absolute Gasteiger partial charge is 0.456 e. The van der Waals surface area contributed by atoms with Gasteiger partial charge in [0.2, 0.25) is 5.95 Å². The molecule has 0 saturated carbocycles. The van der Waals surface area contributed by atoms with E-state index in [1.807, 2.05) is 18.2 Å². The van der Waals surface area contributed by atoms with Crippen LogP contribution < -0.4 is 0 Å². The molecule has 0 N–H and O–H groups in total. The van der Waals surface area contributed by atoms with Crippen molar-refractivity contribution in [1.82, 2.24) is 14.5 Å². The van der Waals surface area contributed by atoms with Gasteiger partial charge in [0.05, 0.1) is 22.2 Å². The molecule has 0 amide bonds. The third-order valence-corrected chi connectivity index (χ3v) is 9.74. The van der Waals surface area contributed by atoms with Crippen LogP contribution in [0.5, 0.6) is 0 Å². The molecule has 4 nitrogen and oxygen atoms in total. The van der Waals surface area contributed by atoms with Crippen LogP contribution in [0.3, 0.4) is 0 Å². The Kier molecular flexibility index (Phi) is 4.55. The van der Waals surface area contributed by atoms with Gasteiger partial charge in [-0.2, -0.15) is 0 Å². The highest BCUT2D eigenvalue weighted by atomic mass is 16.3. The summed E-state index contributed by atoms with van der Waals surface area (Å²) in [6, 6.07) is 49.3. The third-order valence-electron chi connectivity index (χ3n) is 9.74. The summed E-state index contributed by atoms with van der Waals surface area (Å²) >= 11 is 0. The summed E-state index contributed by atoms with van der Waals surface area (Å²) in [5.41, 5.74) is 6.76. The molecular formula is C42H23N3O. The van der Waals surface area contributed by atoms with Crippen LogP contribution in [0.1, 0.15) is 0 Å². The van der Waals surface area contributed by atoms with E-state index >= 15 is 0 Å². The number of fused-ring (bicyclic) bond motifs is 9. The first-order chi connectivity index (χ1) is 22.8. The molecule has 3 aromatic heterocycles. The van der Waals surface area contributed by atoms with Crippen LogP contribution in [-0.4, -0.2) is 14.5 Å². The number of hydrogen-bond acceptors (Lipinski definition) is 3. The average molecular weight is 586 g/mol. The van der Waals surface area contributed by atoms with Crippen molar-refractivity contribution < 1.29 is 4.42 Å². The van der Waals surface area contributed by atoms with Crippen molar-refractivity contribution in [3.63, 3.8) is 0 Å². The zero-order valence-corrected chi connectivity index (χ0v) is 24.5. The fraction of sp³-hybridized carbons (Fsp3) is 0. The second-order valence-corrected chi connectivity index (χ2v) is 12.1. The van der Waals surface area contributed by atoms with Crippen molar-refractivity contribution in [3.8, 4) is 17.2 Å². The van der Waals surface area contributed by atoms with Gasteiger partial charge in [0, 0.05) is 37.9 Å². The first kappa shape index (κ1) is 24.1. The van der Waals surface area contributed by atoms with E-state index in [0.29, 0.717) is 5.95 Å². The van der Waals surface area contributed by atoms with E-state index in [1.165, 1.54) is 43.1 Å². The first-order valence-corrected chi connectivity index (χ1v) is 15.6. The topological polar surface area (TPSA) is 43.9 Å². The SMILES string of the molecule is c1ccc2c(c1)cc1c3c2c2ccccc2c2cccc(c23)n1-c1nc(-c2cccc3oc4ccccc4c23)c2ccccc2n1. The minimum absolute atomic E-state index is 0.655. The summed E-state index contributed by atoms with van der Waals surface area (Å²) in [6.45, 7) is 0. The van der Waals surface area contributed by atoms with Gasteiger partial charge in [-0.3, -0.25) is 4.57 Å². The fourth-order valence-electron chi connectivity index (χ4n) is 7.88. The van der Waals surface area contributed by atoms with Gasteiger partial charge in [0.1, 0.15) is 11.2 Å². The summed E-state index contributed by atoms with van der Waals surface area (Å²) < 4.78 is 8.58. The molecule has 3 heterocycles. The van der Waals surface area contributed by atoms with Crippen molar-refractivity contribution in [2.75, 3.05) is 0 Å². The first-order valence-electron chi connectivity index (χ1n) is 15.6. The number of aromatic nitrogens is 3. The molecule has 4 heteroatoms. The Morgan fingerprint density at radius 2 is 1.11 bits per heavy atom. The molecule has 11 aromatic rings. The number of rotatable bonds is 2. The number of benzene rings is 8.